The number of halogens is 1. The lowest BCUT2D eigenvalue weighted by molar-refractivity contribution is -0.149. The summed E-state index contributed by atoms with van der Waals surface area (Å²) < 4.78 is 19.1. The third-order valence-electron chi connectivity index (χ3n) is 3.08. The SMILES string of the molecule is CCc1ncnc(NCC2CCC(C(=O)O)O2)c1F. The molecule has 19 heavy (non-hydrogen) atoms. The number of nitrogens with one attached hydrogen (secondary N) is 1. The Morgan fingerprint density at radius 2 is 2.37 bits per heavy atom. The highest BCUT2D eigenvalue weighted by Gasteiger charge is 2.30. The minimum Gasteiger partial charge on any atom is -0.479 e. The fourth-order valence-electron chi connectivity index (χ4n) is 2.02. The van der Waals surface area contributed by atoms with Crippen LogP contribution in [0.4, 0.5) is 10.2 Å². The van der Waals surface area contributed by atoms with Crippen molar-refractivity contribution in [1.29, 1.82) is 0 Å². The van der Waals surface area contributed by atoms with Crippen LogP contribution in [-0.2, 0) is 16.0 Å². The van der Waals surface area contributed by atoms with Gasteiger partial charge in [-0.15, -0.1) is 0 Å². The van der Waals surface area contributed by atoms with Gasteiger partial charge in [0.25, 0.3) is 0 Å². The summed E-state index contributed by atoms with van der Waals surface area (Å²) in [6.07, 6.45) is 1.92. The smallest absolute Gasteiger partial charge is 0.332 e. The molecule has 1 aliphatic rings. The summed E-state index contributed by atoms with van der Waals surface area (Å²) in [5, 5.41) is 11.6. The van der Waals surface area contributed by atoms with Gasteiger partial charge in [0, 0.05) is 6.54 Å². The number of aliphatic carboxylic acids is 1. The summed E-state index contributed by atoms with van der Waals surface area (Å²) in [5.74, 6) is -1.28. The normalized spacial score (nSPS) is 22.4. The molecule has 2 heterocycles. The maximum Gasteiger partial charge on any atom is 0.332 e. The lowest BCUT2D eigenvalue weighted by atomic mass is 10.2. The Labute approximate surface area is 110 Å². The van der Waals surface area contributed by atoms with Crippen molar-refractivity contribution in [3.8, 4) is 0 Å². The lowest BCUT2D eigenvalue weighted by Crippen LogP contribution is -2.25. The molecular formula is C12H16FN3O3. The van der Waals surface area contributed by atoms with E-state index in [0.717, 1.165) is 0 Å². The van der Waals surface area contributed by atoms with E-state index in [9.17, 15) is 9.18 Å². The van der Waals surface area contributed by atoms with E-state index in [-0.39, 0.29) is 11.9 Å². The number of anilines is 1. The van der Waals surface area contributed by atoms with Gasteiger partial charge in [-0.2, -0.15) is 0 Å². The number of ether oxygens (including phenoxy) is 1. The Morgan fingerprint density at radius 3 is 3.00 bits per heavy atom. The Kier molecular flexibility index (Phi) is 4.26. The predicted molar refractivity (Wildman–Crippen MR) is 65.4 cm³/mol. The average molecular weight is 269 g/mol. The van der Waals surface area contributed by atoms with Crippen molar-refractivity contribution < 1.29 is 19.0 Å². The number of carbonyl (C=O) groups is 1. The first kappa shape index (κ1) is 13.7. The van der Waals surface area contributed by atoms with E-state index in [0.29, 0.717) is 31.5 Å². The third-order valence-corrected chi connectivity index (χ3v) is 3.08. The van der Waals surface area contributed by atoms with Crippen LogP contribution >= 0.6 is 0 Å². The fourth-order valence-corrected chi connectivity index (χ4v) is 2.02. The number of carboxylic acids is 1. The van der Waals surface area contributed by atoms with Crippen molar-refractivity contribution in [3.63, 3.8) is 0 Å². The molecule has 104 valence electrons. The highest BCUT2D eigenvalue weighted by atomic mass is 19.1. The van der Waals surface area contributed by atoms with Crippen LogP contribution in [-0.4, -0.2) is 39.8 Å². The average Bonchev–Trinajstić information content (AvgIpc) is 2.86. The summed E-state index contributed by atoms with van der Waals surface area (Å²) in [5.41, 5.74) is 0.355. The Hall–Kier alpha value is -1.76. The largest absolute Gasteiger partial charge is 0.479 e. The second-order valence-electron chi connectivity index (χ2n) is 4.38. The first-order chi connectivity index (χ1) is 9.11. The second kappa shape index (κ2) is 5.92. The fraction of sp³-hybridized carbons (Fsp3) is 0.583. The van der Waals surface area contributed by atoms with Gasteiger partial charge in [-0.3, -0.25) is 0 Å². The molecule has 1 aromatic heterocycles. The van der Waals surface area contributed by atoms with Gasteiger partial charge in [-0.25, -0.2) is 19.2 Å². The number of aromatic nitrogens is 2. The Morgan fingerprint density at radius 1 is 1.58 bits per heavy atom. The summed E-state index contributed by atoms with van der Waals surface area (Å²) in [6, 6.07) is 0. The van der Waals surface area contributed by atoms with Crippen molar-refractivity contribution in [2.45, 2.75) is 38.4 Å². The van der Waals surface area contributed by atoms with E-state index >= 15 is 0 Å². The van der Waals surface area contributed by atoms with Crippen LogP contribution in [0.1, 0.15) is 25.5 Å². The number of hydrogen-bond donors (Lipinski definition) is 2. The van der Waals surface area contributed by atoms with Gasteiger partial charge in [0.2, 0.25) is 0 Å². The standard InChI is InChI=1S/C12H16FN3O3/c1-2-8-10(13)11(16-6-15-8)14-5-7-3-4-9(19-7)12(17)18/h6-7,9H,2-5H2,1H3,(H,17,18)(H,14,15,16). The van der Waals surface area contributed by atoms with Crippen LogP contribution in [0, 0.1) is 5.82 Å². The molecule has 0 amide bonds. The Balaban J connectivity index is 1.91. The quantitative estimate of drug-likeness (QED) is 0.836. The molecule has 1 aromatic rings. The zero-order valence-corrected chi connectivity index (χ0v) is 10.6. The third kappa shape index (κ3) is 3.17. The summed E-state index contributed by atoms with van der Waals surface area (Å²) in [7, 11) is 0. The molecule has 6 nitrogen and oxygen atoms in total. The number of hydrogen-bond acceptors (Lipinski definition) is 5. The van der Waals surface area contributed by atoms with Crippen LogP contribution in [0.3, 0.4) is 0 Å². The minimum absolute atomic E-state index is 0.134. The molecule has 0 spiro atoms. The second-order valence-corrected chi connectivity index (χ2v) is 4.38. The minimum atomic E-state index is -0.955. The topological polar surface area (TPSA) is 84.3 Å². The van der Waals surface area contributed by atoms with Crippen LogP contribution in [0.2, 0.25) is 0 Å². The monoisotopic (exact) mass is 269 g/mol. The molecule has 0 aromatic carbocycles. The summed E-state index contributed by atoms with van der Waals surface area (Å²) >= 11 is 0. The molecule has 1 fully saturated rings. The highest BCUT2D eigenvalue weighted by molar-refractivity contribution is 5.72. The molecule has 2 unspecified atom stereocenters. The summed E-state index contributed by atoms with van der Waals surface area (Å²) in [6.45, 7) is 2.15. The predicted octanol–water partition coefficient (Wildman–Crippen LogP) is 1.22. The van der Waals surface area contributed by atoms with Crippen molar-refractivity contribution >= 4 is 11.8 Å². The first-order valence-electron chi connectivity index (χ1n) is 6.23. The number of carboxylic acid groups (broad SMARTS) is 1. The molecule has 0 radical (unpaired) electrons. The number of rotatable bonds is 5. The molecule has 1 aliphatic heterocycles. The van der Waals surface area contributed by atoms with Gasteiger partial charge in [0.15, 0.2) is 17.7 Å². The molecule has 0 saturated carbocycles. The summed E-state index contributed by atoms with van der Waals surface area (Å²) in [4.78, 5) is 18.4. The zero-order chi connectivity index (χ0) is 13.8. The van der Waals surface area contributed by atoms with E-state index in [1.54, 1.807) is 0 Å². The molecule has 2 atom stereocenters. The molecule has 7 heteroatoms. The molecule has 0 aliphatic carbocycles. The highest BCUT2D eigenvalue weighted by Crippen LogP contribution is 2.21. The van der Waals surface area contributed by atoms with Crippen molar-refractivity contribution in [2.24, 2.45) is 0 Å². The Bertz CT molecular complexity index is 470. The van der Waals surface area contributed by atoms with E-state index in [2.05, 4.69) is 15.3 Å². The van der Waals surface area contributed by atoms with Crippen molar-refractivity contribution in [2.75, 3.05) is 11.9 Å². The van der Waals surface area contributed by atoms with E-state index in [1.165, 1.54) is 6.33 Å². The van der Waals surface area contributed by atoms with Crippen LogP contribution in [0.15, 0.2) is 6.33 Å². The van der Waals surface area contributed by atoms with Gasteiger partial charge in [0.05, 0.1) is 11.8 Å². The molecule has 2 rings (SSSR count). The number of aryl methyl sites for hydroxylation is 1. The lowest BCUT2D eigenvalue weighted by Gasteiger charge is -2.13. The van der Waals surface area contributed by atoms with Gasteiger partial charge in [0.1, 0.15) is 6.33 Å². The molecule has 1 saturated heterocycles. The molecular weight excluding hydrogens is 253 g/mol. The van der Waals surface area contributed by atoms with Gasteiger partial charge in [-0.1, -0.05) is 6.92 Å². The van der Waals surface area contributed by atoms with E-state index in [1.807, 2.05) is 6.92 Å². The van der Waals surface area contributed by atoms with Crippen molar-refractivity contribution in [1.82, 2.24) is 9.97 Å². The van der Waals surface area contributed by atoms with Gasteiger partial charge >= 0.3 is 5.97 Å². The molecule has 2 N–H and O–H groups in total. The zero-order valence-electron chi connectivity index (χ0n) is 10.6. The maximum absolute atomic E-state index is 13.8. The van der Waals surface area contributed by atoms with Crippen molar-refractivity contribution in [3.05, 3.63) is 17.8 Å². The van der Waals surface area contributed by atoms with E-state index < -0.39 is 17.9 Å². The maximum atomic E-state index is 13.8. The van der Waals surface area contributed by atoms with Crippen LogP contribution in [0.5, 0.6) is 0 Å². The van der Waals surface area contributed by atoms with Crippen LogP contribution < -0.4 is 5.32 Å². The molecule has 0 bridgehead atoms. The first-order valence-corrected chi connectivity index (χ1v) is 6.23. The van der Waals surface area contributed by atoms with Gasteiger partial charge in [-0.05, 0) is 19.3 Å². The van der Waals surface area contributed by atoms with Crippen LogP contribution in [0.25, 0.3) is 0 Å². The van der Waals surface area contributed by atoms with E-state index in [4.69, 9.17) is 9.84 Å². The number of nitrogens with zero attached hydrogens (tertiary/aromatic N) is 2. The van der Waals surface area contributed by atoms with Gasteiger partial charge < -0.3 is 15.2 Å².